The number of amides is 2. The van der Waals surface area contributed by atoms with Crippen LogP contribution in [0.5, 0.6) is 0 Å². The van der Waals surface area contributed by atoms with E-state index in [0.717, 1.165) is 36.0 Å². The second-order valence-electron chi connectivity index (χ2n) is 5.05. The fraction of sp³-hybridized carbons (Fsp3) is 0.429. The maximum atomic E-state index is 12.2. The maximum absolute atomic E-state index is 12.2. The molecule has 1 saturated heterocycles. The predicted molar refractivity (Wildman–Crippen MR) is 74.7 cm³/mol. The van der Waals surface area contributed by atoms with Crippen molar-refractivity contribution in [3.8, 4) is 0 Å². The van der Waals surface area contributed by atoms with Crippen LogP contribution in [0.3, 0.4) is 0 Å². The van der Waals surface area contributed by atoms with Crippen LogP contribution in [0.4, 0.5) is 0 Å². The van der Waals surface area contributed by atoms with E-state index in [0.29, 0.717) is 12.1 Å². The van der Waals surface area contributed by atoms with Gasteiger partial charge in [-0.25, -0.2) is 0 Å². The zero-order valence-corrected chi connectivity index (χ0v) is 12.1. The van der Waals surface area contributed by atoms with Gasteiger partial charge in [-0.1, -0.05) is 22.0 Å². The molecule has 0 unspecified atom stereocenters. The summed E-state index contributed by atoms with van der Waals surface area (Å²) in [5.41, 5.74) is 1.71. The fourth-order valence-electron chi connectivity index (χ4n) is 2.69. The van der Waals surface area contributed by atoms with Crippen molar-refractivity contribution in [2.45, 2.75) is 19.4 Å². The van der Waals surface area contributed by atoms with Crippen LogP contribution in [-0.2, 0) is 11.3 Å². The average molecular weight is 323 g/mol. The van der Waals surface area contributed by atoms with E-state index in [-0.39, 0.29) is 18.4 Å². The molecule has 0 spiro atoms. The van der Waals surface area contributed by atoms with Crippen molar-refractivity contribution < 1.29 is 9.59 Å². The van der Waals surface area contributed by atoms with Crippen LogP contribution in [0.2, 0.25) is 0 Å². The van der Waals surface area contributed by atoms with Gasteiger partial charge in [0.2, 0.25) is 5.91 Å². The molecular weight excluding hydrogens is 308 g/mol. The van der Waals surface area contributed by atoms with Gasteiger partial charge in [0.1, 0.15) is 6.54 Å². The highest BCUT2D eigenvalue weighted by Crippen LogP contribution is 2.26. The first-order chi connectivity index (χ1) is 9.15. The van der Waals surface area contributed by atoms with E-state index in [4.69, 9.17) is 0 Å². The molecule has 0 saturated carbocycles. The molecule has 2 aliphatic rings. The first kappa shape index (κ1) is 12.7. The Kier molecular flexibility index (Phi) is 3.31. The molecule has 2 aliphatic heterocycles. The Morgan fingerprint density at radius 3 is 2.74 bits per heavy atom. The summed E-state index contributed by atoms with van der Waals surface area (Å²) in [6.45, 7) is 2.41. The zero-order valence-electron chi connectivity index (χ0n) is 10.6. The Morgan fingerprint density at radius 1 is 1.26 bits per heavy atom. The second-order valence-corrected chi connectivity index (χ2v) is 5.97. The third-order valence-corrected chi connectivity index (χ3v) is 4.23. The molecule has 0 atom stereocenters. The van der Waals surface area contributed by atoms with Gasteiger partial charge < -0.3 is 9.80 Å². The number of benzene rings is 1. The van der Waals surface area contributed by atoms with Crippen molar-refractivity contribution in [3.63, 3.8) is 0 Å². The average Bonchev–Trinajstić information content (AvgIpc) is 3.00. The first-order valence-corrected chi connectivity index (χ1v) is 7.30. The summed E-state index contributed by atoms with van der Waals surface area (Å²) >= 11 is 3.37. The maximum Gasteiger partial charge on any atom is 0.255 e. The van der Waals surface area contributed by atoms with E-state index in [1.807, 2.05) is 23.1 Å². The van der Waals surface area contributed by atoms with E-state index in [1.54, 1.807) is 4.90 Å². The number of halogens is 1. The minimum atomic E-state index is -0.0381. The van der Waals surface area contributed by atoms with Gasteiger partial charge in [-0.3, -0.25) is 9.59 Å². The molecule has 5 heteroatoms. The van der Waals surface area contributed by atoms with Crippen molar-refractivity contribution in [1.82, 2.24) is 9.80 Å². The van der Waals surface area contributed by atoms with Gasteiger partial charge >= 0.3 is 0 Å². The molecule has 19 heavy (non-hydrogen) atoms. The van der Waals surface area contributed by atoms with Crippen molar-refractivity contribution in [3.05, 3.63) is 33.8 Å². The van der Waals surface area contributed by atoms with Gasteiger partial charge in [0.25, 0.3) is 5.91 Å². The van der Waals surface area contributed by atoms with Crippen LogP contribution in [0.15, 0.2) is 22.7 Å². The van der Waals surface area contributed by atoms with E-state index in [9.17, 15) is 9.59 Å². The van der Waals surface area contributed by atoms with Gasteiger partial charge in [-0.15, -0.1) is 0 Å². The summed E-state index contributed by atoms with van der Waals surface area (Å²) in [5, 5.41) is 0. The molecule has 1 aromatic rings. The monoisotopic (exact) mass is 322 g/mol. The number of carbonyl (C=O) groups is 2. The standard InChI is InChI=1S/C14H15BrN2O2/c15-11-4-3-10-8-17(14(19)12(10)7-11)9-13(18)16-5-1-2-6-16/h3-4,7H,1-2,5-6,8-9H2. The van der Waals surface area contributed by atoms with Crippen molar-refractivity contribution in [2.24, 2.45) is 0 Å². The van der Waals surface area contributed by atoms with Gasteiger partial charge in [0.15, 0.2) is 0 Å². The SMILES string of the molecule is O=C(CN1Cc2ccc(Br)cc2C1=O)N1CCCC1. The van der Waals surface area contributed by atoms with E-state index >= 15 is 0 Å². The third kappa shape index (κ3) is 2.39. The molecule has 2 heterocycles. The molecule has 3 rings (SSSR count). The molecule has 1 fully saturated rings. The van der Waals surface area contributed by atoms with Gasteiger partial charge in [0.05, 0.1) is 0 Å². The van der Waals surface area contributed by atoms with E-state index in [2.05, 4.69) is 15.9 Å². The smallest absolute Gasteiger partial charge is 0.255 e. The number of fused-ring (bicyclic) bond motifs is 1. The predicted octanol–water partition coefficient (Wildman–Crippen LogP) is 2.03. The lowest BCUT2D eigenvalue weighted by molar-refractivity contribution is -0.130. The van der Waals surface area contributed by atoms with Crippen LogP contribution in [0.25, 0.3) is 0 Å². The van der Waals surface area contributed by atoms with E-state index in [1.165, 1.54) is 0 Å². The summed E-state index contributed by atoms with van der Waals surface area (Å²) in [5.74, 6) is 0.0292. The minimum absolute atomic E-state index is 0.0381. The first-order valence-electron chi connectivity index (χ1n) is 6.50. The molecule has 0 bridgehead atoms. The number of nitrogens with zero attached hydrogens (tertiary/aromatic N) is 2. The molecule has 0 radical (unpaired) electrons. The van der Waals surface area contributed by atoms with Crippen LogP contribution in [0, 0.1) is 0 Å². The van der Waals surface area contributed by atoms with Gasteiger partial charge in [-0.05, 0) is 30.5 Å². The van der Waals surface area contributed by atoms with Crippen LogP contribution < -0.4 is 0 Å². The minimum Gasteiger partial charge on any atom is -0.341 e. The molecule has 0 N–H and O–H groups in total. The quantitative estimate of drug-likeness (QED) is 0.836. The fourth-order valence-corrected chi connectivity index (χ4v) is 3.05. The molecule has 4 nitrogen and oxygen atoms in total. The number of likely N-dealkylation sites (tertiary alicyclic amines) is 1. The molecular formula is C14H15BrN2O2. The lowest BCUT2D eigenvalue weighted by Crippen LogP contribution is -2.39. The number of rotatable bonds is 2. The molecule has 1 aromatic carbocycles. The molecule has 0 aromatic heterocycles. The largest absolute Gasteiger partial charge is 0.341 e. The Hall–Kier alpha value is -1.36. The summed E-state index contributed by atoms with van der Waals surface area (Å²) in [4.78, 5) is 27.8. The van der Waals surface area contributed by atoms with Crippen molar-refractivity contribution >= 4 is 27.7 Å². The number of carbonyl (C=O) groups excluding carboxylic acids is 2. The summed E-state index contributed by atoms with van der Waals surface area (Å²) in [7, 11) is 0. The molecule has 0 aliphatic carbocycles. The summed E-state index contributed by atoms with van der Waals surface area (Å²) in [6.07, 6.45) is 2.15. The van der Waals surface area contributed by atoms with Crippen LogP contribution in [-0.4, -0.2) is 41.2 Å². The van der Waals surface area contributed by atoms with E-state index < -0.39 is 0 Å². The second kappa shape index (κ2) is 4.96. The number of hydrogen-bond acceptors (Lipinski definition) is 2. The normalized spacial score (nSPS) is 18.1. The highest BCUT2D eigenvalue weighted by Gasteiger charge is 2.30. The van der Waals surface area contributed by atoms with Crippen molar-refractivity contribution in [2.75, 3.05) is 19.6 Å². The highest BCUT2D eigenvalue weighted by molar-refractivity contribution is 9.10. The van der Waals surface area contributed by atoms with Crippen LogP contribution in [0.1, 0.15) is 28.8 Å². The van der Waals surface area contributed by atoms with Crippen LogP contribution >= 0.6 is 15.9 Å². The van der Waals surface area contributed by atoms with Gasteiger partial charge in [0, 0.05) is 29.7 Å². The molecule has 2 amide bonds. The number of hydrogen-bond donors (Lipinski definition) is 0. The van der Waals surface area contributed by atoms with Gasteiger partial charge in [-0.2, -0.15) is 0 Å². The lowest BCUT2D eigenvalue weighted by atomic mass is 10.1. The molecule has 100 valence electrons. The Labute approximate surface area is 120 Å². The third-order valence-electron chi connectivity index (χ3n) is 3.74. The lowest BCUT2D eigenvalue weighted by Gasteiger charge is -2.20. The Bertz CT molecular complexity index is 538. The summed E-state index contributed by atoms with van der Waals surface area (Å²) in [6, 6.07) is 5.70. The Morgan fingerprint density at radius 2 is 2.00 bits per heavy atom. The summed E-state index contributed by atoms with van der Waals surface area (Å²) < 4.78 is 0.896. The topological polar surface area (TPSA) is 40.6 Å². The van der Waals surface area contributed by atoms with Crippen molar-refractivity contribution in [1.29, 1.82) is 0 Å². The highest BCUT2D eigenvalue weighted by atomic mass is 79.9. The Balaban J connectivity index is 1.71. The zero-order chi connectivity index (χ0) is 13.4.